The quantitative estimate of drug-likeness (QED) is 0.734. The second kappa shape index (κ2) is 8.84. The van der Waals surface area contributed by atoms with Crippen LogP contribution in [0.5, 0.6) is 0 Å². The number of sulfonamides is 1. The van der Waals surface area contributed by atoms with Crippen LogP contribution < -0.4 is 9.62 Å². The number of nitrogens with zero attached hydrogens (tertiary/aromatic N) is 1. The summed E-state index contributed by atoms with van der Waals surface area (Å²) in [5, 5.41) is 4.57. The monoisotopic (exact) mass is 410 g/mol. The van der Waals surface area contributed by atoms with Crippen molar-refractivity contribution in [2.45, 2.75) is 48.8 Å². The van der Waals surface area contributed by atoms with Crippen LogP contribution in [-0.4, -0.2) is 26.9 Å². The molecule has 1 aromatic heterocycles. The predicted octanol–water partition coefficient (Wildman–Crippen LogP) is 3.92. The van der Waals surface area contributed by atoms with Gasteiger partial charge in [-0.25, -0.2) is 12.8 Å². The van der Waals surface area contributed by atoms with E-state index in [1.165, 1.54) is 24.3 Å². The molecule has 0 atom stereocenters. The van der Waals surface area contributed by atoms with Gasteiger partial charge < -0.3 is 5.32 Å². The third-order valence-corrected chi connectivity index (χ3v) is 7.80. The first-order chi connectivity index (χ1) is 13.0. The van der Waals surface area contributed by atoms with Crippen LogP contribution in [0.4, 0.5) is 10.1 Å². The summed E-state index contributed by atoms with van der Waals surface area (Å²) >= 11 is 1.04. The molecule has 27 heavy (non-hydrogen) atoms. The minimum atomic E-state index is -4.03. The van der Waals surface area contributed by atoms with Crippen molar-refractivity contribution in [3.63, 3.8) is 0 Å². The van der Waals surface area contributed by atoms with Crippen LogP contribution in [0.1, 0.15) is 38.5 Å². The topological polar surface area (TPSA) is 66.5 Å². The standard InChI is InChI=1S/C19H23FN2O3S2/c20-16-10-5-6-11-17(16)22(27(24,25)19-12-7-13-26-19)14-18(23)21-15-8-3-1-2-4-9-15/h5-7,10-13,15H,1-4,8-9,14H2,(H,21,23). The molecule has 1 heterocycles. The number of nitrogens with one attached hydrogen (secondary N) is 1. The van der Waals surface area contributed by atoms with Gasteiger partial charge in [-0.05, 0) is 36.4 Å². The highest BCUT2D eigenvalue weighted by Gasteiger charge is 2.30. The fraction of sp³-hybridized carbons (Fsp3) is 0.421. The van der Waals surface area contributed by atoms with Crippen LogP contribution in [0.3, 0.4) is 0 Å². The normalized spacial score (nSPS) is 15.9. The molecule has 3 rings (SSSR count). The van der Waals surface area contributed by atoms with Crippen LogP contribution in [0, 0.1) is 5.82 Å². The largest absolute Gasteiger partial charge is 0.352 e. The molecular weight excluding hydrogens is 387 g/mol. The Kier molecular flexibility index (Phi) is 6.49. The smallest absolute Gasteiger partial charge is 0.274 e. The van der Waals surface area contributed by atoms with Gasteiger partial charge in [0.25, 0.3) is 10.0 Å². The van der Waals surface area contributed by atoms with Gasteiger partial charge in [0.1, 0.15) is 16.6 Å². The number of para-hydroxylation sites is 1. The molecule has 0 unspecified atom stereocenters. The van der Waals surface area contributed by atoms with Gasteiger partial charge in [0.2, 0.25) is 5.91 Å². The average molecular weight is 411 g/mol. The summed E-state index contributed by atoms with van der Waals surface area (Å²) in [4.78, 5) is 12.6. The third kappa shape index (κ3) is 4.87. The average Bonchev–Trinajstić information content (AvgIpc) is 3.08. The molecule has 1 aromatic carbocycles. The van der Waals surface area contributed by atoms with Crippen molar-refractivity contribution in [2.24, 2.45) is 0 Å². The molecule has 1 N–H and O–H groups in total. The number of hydrogen-bond donors (Lipinski definition) is 1. The Morgan fingerprint density at radius 2 is 1.81 bits per heavy atom. The zero-order chi connectivity index (χ0) is 19.3. The zero-order valence-electron chi connectivity index (χ0n) is 14.9. The number of carbonyl (C=O) groups excluding carboxylic acids is 1. The SMILES string of the molecule is O=C(CN(c1ccccc1F)S(=O)(=O)c1cccs1)NC1CCCCCC1. The fourth-order valence-corrected chi connectivity index (χ4v) is 5.83. The van der Waals surface area contributed by atoms with Crippen LogP contribution in [0.2, 0.25) is 0 Å². The summed E-state index contributed by atoms with van der Waals surface area (Å²) in [6, 6.07) is 8.72. The van der Waals surface area contributed by atoms with Gasteiger partial charge >= 0.3 is 0 Å². The lowest BCUT2D eigenvalue weighted by atomic mass is 10.1. The Morgan fingerprint density at radius 3 is 2.44 bits per heavy atom. The second-order valence-electron chi connectivity index (χ2n) is 6.65. The Morgan fingerprint density at radius 1 is 1.11 bits per heavy atom. The zero-order valence-corrected chi connectivity index (χ0v) is 16.6. The molecule has 1 fully saturated rings. The number of amides is 1. The number of benzene rings is 1. The van der Waals surface area contributed by atoms with Crippen molar-refractivity contribution in [1.29, 1.82) is 0 Å². The number of halogens is 1. The molecule has 1 aliphatic carbocycles. The van der Waals surface area contributed by atoms with Crippen LogP contribution >= 0.6 is 11.3 Å². The summed E-state index contributed by atoms with van der Waals surface area (Å²) in [6.07, 6.45) is 6.19. The van der Waals surface area contributed by atoms with Crippen molar-refractivity contribution < 1.29 is 17.6 Å². The van der Waals surface area contributed by atoms with Gasteiger partial charge in [-0.2, -0.15) is 0 Å². The minimum Gasteiger partial charge on any atom is -0.352 e. The summed E-state index contributed by atoms with van der Waals surface area (Å²) in [5.41, 5.74) is -0.123. The molecule has 146 valence electrons. The van der Waals surface area contributed by atoms with Gasteiger partial charge in [-0.1, -0.05) is 43.9 Å². The Hall–Kier alpha value is -1.93. The molecule has 8 heteroatoms. The van der Waals surface area contributed by atoms with E-state index in [1.54, 1.807) is 17.5 Å². The lowest BCUT2D eigenvalue weighted by molar-refractivity contribution is -0.120. The fourth-order valence-electron chi connectivity index (χ4n) is 3.30. The van der Waals surface area contributed by atoms with Crippen LogP contribution in [-0.2, 0) is 14.8 Å². The van der Waals surface area contributed by atoms with E-state index >= 15 is 0 Å². The van der Waals surface area contributed by atoms with Crippen LogP contribution in [0.15, 0.2) is 46.0 Å². The molecule has 0 saturated heterocycles. The van der Waals surface area contributed by atoms with Crippen molar-refractivity contribution >= 4 is 33.0 Å². The minimum absolute atomic E-state index is 0.0481. The number of thiophene rings is 1. The molecule has 0 radical (unpaired) electrons. The van der Waals surface area contributed by atoms with Gasteiger partial charge in [0.15, 0.2) is 0 Å². The lowest BCUT2D eigenvalue weighted by Gasteiger charge is -2.25. The van der Waals surface area contributed by atoms with Crippen LogP contribution in [0.25, 0.3) is 0 Å². The number of anilines is 1. The maximum absolute atomic E-state index is 14.3. The van der Waals surface area contributed by atoms with Crippen molar-refractivity contribution in [3.05, 3.63) is 47.6 Å². The molecule has 5 nitrogen and oxygen atoms in total. The molecule has 1 amide bonds. The highest BCUT2D eigenvalue weighted by Crippen LogP contribution is 2.28. The summed E-state index contributed by atoms with van der Waals surface area (Å²) in [7, 11) is -4.03. The van der Waals surface area contributed by atoms with E-state index in [1.807, 2.05) is 0 Å². The molecular formula is C19H23FN2O3S2. The van der Waals surface area contributed by atoms with E-state index in [9.17, 15) is 17.6 Å². The first-order valence-corrected chi connectivity index (χ1v) is 11.4. The van der Waals surface area contributed by atoms with Crippen molar-refractivity contribution in [1.82, 2.24) is 5.32 Å². The van der Waals surface area contributed by atoms with E-state index in [2.05, 4.69) is 5.32 Å². The first-order valence-electron chi connectivity index (χ1n) is 9.08. The maximum Gasteiger partial charge on any atom is 0.274 e. The number of rotatable bonds is 6. The molecule has 2 aromatic rings. The van der Waals surface area contributed by atoms with Gasteiger partial charge in [0, 0.05) is 6.04 Å². The molecule has 0 aliphatic heterocycles. The van der Waals surface area contributed by atoms with E-state index in [4.69, 9.17) is 0 Å². The number of hydrogen-bond acceptors (Lipinski definition) is 4. The van der Waals surface area contributed by atoms with Crippen molar-refractivity contribution in [3.8, 4) is 0 Å². The molecule has 0 bridgehead atoms. The summed E-state index contributed by atoms with van der Waals surface area (Å²) < 4.78 is 41.3. The molecule has 1 aliphatic rings. The second-order valence-corrected chi connectivity index (χ2v) is 9.69. The van der Waals surface area contributed by atoms with E-state index < -0.39 is 28.3 Å². The summed E-state index contributed by atoms with van der Waals surface area (Å²) in [5.74, 6) is -1.09. The summed E-state index contributed by atoms with van der Waals surface area (Å²) in [6.45, 7) is -0.447. The first kappa shape index (κ1) is 19.8. The van der Waals surface area contributed by atoms with Gasteiger partial charge in [-0.15, -0.1) is 11.3 Å². The lowest BCUT2D eigenvalue weighted by Crippen LogP contribution is -2.44. The van der Waals surface area contributed by atoms with Gasteiger partial charge in [0.05, 0.1) is 5.69 Å². The Labute approximate surface area is 163 Å². The third-order valence-electron chi connectivity index (χ3n) is 4.67. The van der Waals surface area contributed by atoms with E-state index in [0.717, 1.165) is 54.2 Å². The molecule has 0 spiro atoms. The predicted molar refractivity (Wildman–Crippen MR) is 105 cm³/mol. The van der Waals surface area contributed by atoms with Gasteiger partial charge in [-0.3, -0.25) is 9.10 Å². The number of carbonyl (C=O) groups is 1. The van der Waals surface area contributed by atoms with Crippen molar-refractivity contribution in [2.75, 3.05) is 10.8 Å². The van der Waals surface area contributed by atoms with E-state index in [0.29, 0.717) is 0 Å². The Balaban J connectivity index is 1.84. The highest BCUT2D eigenvalue weighted by atomic mass is 32.2. The Bertz CT molecular complexity index is 861. The maximum atomic E-state index is 14.3. The van der Waals surface area contributed by atoms with E-state index in [-0.39, 0.29) is 15.9 Å². The molecule has 1 saturated carbocycles. The highest BCUT2D eigenvalue weighted by molar-refractivity contribution is 7.94.